The summed E-state index contributed by atoms with van der Waals surface area (Å²) in [4.78, 5) is 0. The summed E-state index contributed by atoms with van der Waals surface area (Å²) in [7, 11) is 0. The van der Waals surface area contributed by atoms with Crippen molar-refractivity contribution in [3.8, 4) is 0 Å². The summed E-state index contributed by atoms with van der Waals surface area (Å²) in [5, 5.41) is 99.5. The Hall–Kier alpha value is -0.600. The van der Waals surface area contributed by atoms with Crippen molar-refractivity contribution < 1.29 is 74.7 Å². The van der Waals surface area contributed by atoms with Crippen LogP contribution in [0.15, 0.2) is 0 Å². The zero-order chi connectivity index (χ0) is 24.4. The average molecular weight is 487 g/mol. The van der Waals surface area contributed by atoms with E-state index in [0.29, 0.717) is 0 Å². The summed E-state index contributed by atoms with van der Waals surface area (Å²) in [6.07, 6.45) is -21.3. The molecule has 3 heterocycles. The van der Waals surface area contributed by atoms with E-state index in [9.17, 15) is 51.1 Å². The molecule has 15 nitrogen and oxygen atoms in total. The fourth-order valence-corrected chi connectivity index (χ4v) is 3.87. The van der Waals surface area contributed by atoms with Crippen LogP contribution < -0.4 is 0 Å². The van der Waals surface area contributed by atoms with Crippen molar-refractivity contribution in [1.29, 1.82) is 0 Å². The third kappa shape index (κ3) is 5.48. The Balaban J connectivity index is 1.82. The topological polar surface area (TPSA) is 248 Å². The molecule has 0 unspecified atom stereocenters. The van der Waals surface area contributed by atoms with Crippen LogP contribution in [0.25, 0.3) is 0 Å². The first-order chi connectivity index (χ1) is 15.6. The first-order valence-electron chi connectivity index (χ1n) is 10.3. The predicted octanol–water partition coefficient (Wildman–Crippen LogP) is -6.73. The maximum atomic E-state index is 10.6. The molecule has 0 amide bonds. The smallest absolute Gasteiger partial charge is 0.187 e. The number of ether oxygens (including phenoxy) is 5. The van der Waals surface area contributed by atoms with Crippen LogP contribution in [-0.2, 0) is 23.7 Å². The van der Waals surface area contributed by atoms with Gasteiger partial charge in [-0.2, -0.15) is 0 Å². The standard InChI is InChI=1S/C18H31O15/c19-1-6-11(25)15(5(22)4-29-6)32-18-16(13(27)10(24)8(3-21)31-18)33-17-14(28)12(26)9(23)7(2-20)30-17/h5,7-28H,1-4H2/t5-,7+,8+,9+,10+,11+,12-,13-,14+,15+,16+,17-,18-/m0/s1. The quantitative estimate of drug-likeness (QED) is 0.160. The minimum Gasteiger partial charge on any atom is -0.394 e. The SMILES string of the molecule is OC[C]1OC[C@H](O)[C@@H](O[C@@H]2O[C@H](CO)[C@@H](O)[C@H](O)[C@H]2O[C@@H]2O[C@H](CO)[C@@H](O)[C@H](O)[C@H]2O)[C@@H]1O. The molecule has 15 heteroatoms. The third-order valence-electron chi connectivity index (χ3n) is 5.87. The number of aliphatic hydroxyl groups is 10. The molecule has 3 rings (SSSR count). The van der Waals surface area contributed by atoms with Crippen molar-refractivity contribution >= 4 is 0 Å². The summed E-state index contributed by atoms with van der Waals surface area (Å²) < 4.78 is 26.8. The maximum absolute atomic E-state index is 10.6. The molecule has 10 N–H and O–H groups in total. The molecule has 0 aliphatic carbocycles. The van der Waals surface area contributed by atoms with Crippen LogP contribution in [0.4, 0.5) is 0 Å². The molecule has 0 aromatic heterocycles. The largest absolute Gasteiger partial charge is 0.394 e. The molecular formula is C18H31O15. The molecular weight excluding hydrogens is 456 g/mol. The van der Waals surface area contributed by atoms with Gasteiger partial charge < -0.3 is 74.7 Å². The van der Waals surface area contributed by atoms with Crippen LogP contribution in [0.3, 0.4) is 0 Å². The first-order valence-corrected chi connectivity index (χ1v) is 10.3. The van der Waals surface area contributed by atoms with Gasteiger partial charge in [-0.1, -0.05) is 0 Å². The molecule has 1 radical (unpaired) electrons. The van der Waals surface area contributed by atoms with E-state index in [1.165, 1.54) is 0 Å². The van der Waals surface area contributed by atoms with Crippen molar-refractivity contribution in [2.75, 3.05) is 26.4 Å². The van der Waals surface area contributed by atoms with Crippen molar-refractivity contribution in [2.45, 2.75) is 79.7 Å². The lowest BCUT2D eigenvalue weighted by atomic mass is 9.96. The zero-order valence-corrected chi connectivity index (χ0v) is 17.3. The molecule has 0 bridgehead atoms. The number of hydrogen-bond donors (Lipinski definition) is 10. The summed E-state index contributed by atoms with van der Waals surface area (Å²) in [6, 6.07) is 0. The van der Waals surface area contributed by atoms with Crippen molar-refractivity contribution in [3.63, 3.8) is 0 Å². The molecule has 193 valence electrons. The number of hydrogen-bond acceptors (Lipinski definition) is 15. The Labute approximate surface area is 187 Å². The summed E-state index contributed by atoms with van der Waals surface area (Å²) in [6.45, 7) is -2.52. The lowest BCUT2D eigenvalue weighted by Gasteiger charge is -2.47. The van der Waals surface area contributed by atoms with Gasteiger partial charge >= 0.3 is 0 Å². The predicted molar refractivity (Wildman–Crippen MR) is 99.6 cm³/mol. The number of aliphatic hydroxyl groups excluding tert-OH is 10. The van der Waals surface area contributed by atoms with Gasteiger partial charge in [-0.25, -0.2) is 0 Å². The van der Waals surface area contributed by atoms with E-state index in [1.807, 2.05) is 0 Å². The van der Waals surface area contributed by atoms with Crippen LogP contribution in [0.2, 0.25) is 0 Å². The lowest BCUT2D eigenvalue weighted by Crippen LogP contribution is -2.66. The van der Waals surface area contributed by atoms with Crippen molar-refractivity contribution in [1.82, 2.24) is 0 Å². The van der Waals surface area contributed by atoms with E-state index >= 15 is 0 Å². The highest BCUT2D eigenvalue weighted by atomic mass is 16.8. The van der Waals surface area contributed by atoms with Gasteiger partial charge in [-0.3, -0.25) is 0 Å². The molecule has 0 spiro atoms. The molecule has 0 saturated carbocycles. The Bertz CT molecular complexity index is 609. The molecule has 0 aromatic rings. The van der Waals surface area contributed by atoms with Gasteiger partial charge in [0, 0.05) is 0 Å². The maximum Gasteiger partial charge on any atom is 0.187 e. The zero-order valence-electron chi connectivity index (χ0n) is 17.3. The van der Waals surface area contributed by atoms with E-state index in [4.69, 9.17) is 23.7 Å². The lowest BCUT2D eigenvalue weighted by molar-refractivity contribution is -0.378. The molecule has 13 atom stereocenters. The minimum atomic E-state index is -1.85. The van der Waals surface area contributed by atoms with Crippen LogP contribution in [0.5, 0.6) is 0 Å². The molecule has 3 aliphatic rings. The van der Waals surface area contributed by atoms with Crippen LogP contribution in [0.1, 0.15) is 0 Å². The first kappa shape index (κ1) is 27.0. The van der Waals surface area contributed by atoms with Crippen LogP contribution in [0, 0.1) is 6.10 Å². The monoisotopic (exact) mass is 487 g/mol. The molecule has 3 saturated heterocycles. The van der Waals surface area contributed by atoms with Gasteiger partial charge in [-0.15, -0.1) is 0 Å². The molecule has 33 heavy (non-hydrogen) atoms. The fourth-order valence-electron chi connectivity index (χ4n) is 3.87. The van der Waals surface area contributed by atoms with Crippen LogP contribution in [-0.4, -0.2) is 157 Å². The van der Waals surface area contributed by atoms with Gasteiger partial charge in [-0.05, 0) is 0 Å². The highest BCUT2D eigenvalue weighted by molar-refractivity contribution is 5.01. The van der Waals surface area contributed by atoms with E-state index in [2.05, 4.69) is 0 Å². The Morgan fingerprint density at radius 3 is 1.79 bits per heavy atom. The fraction of sp³-hybridized carbons (Fsp3) is 0.944. The van der Waals surface area contributed by atoms with Crippen molar-refractivity contribution in [3.05, 3.63) is 6.10 Å². The van der Waals surface area contributed by atoms with Crippen LogP contribution >= 0.6 is 0 Å². The molecule has 3 aliphatic heterocycles. The van der Waals surface area contributed by atoms with Gasteiger partial charge in [0.2, 0.25) is 0 Å². The molecule has 3 fully saturated rings. The average Bonchev–Trinajstić information content (AvgIpc) is 2.80. The second-order valence-electron chi connectivity index (χ2n) is 8.05. The molecule has 0 aromatic carbocycles. The van der Waals surface area contributed by atoms with E-state index < -0.39 is 99.5 Å². The second-order valence-corrected chi connectivity index (χ2v) is 8.05. The summed E-state index contributed by atoms with van der Waals surface area (Å²) >= 11 is 0. The highest BCUT2D eigenvalue weighted by Gasteiger charge is 2.52. The third-order valence-corrected chi connectivity index (χ3v) is 5.87. The number of rotatable bonds is 7. The summed E-state index contributed by atoms with van der Waals surface area (Å²) in [5.41, 5.74) is 0. The van der Waals surface area contributed by atoms with E-state index in [-0.39, 0.29) is 12.7 Å². The Kier molecular flexibility index (Phi) is 9.35. The van der Waals surface area contributed by atoms with E-state index in [1.54, 1.807) is 0 Å². The van der Waals surface area contributed by atoms with E-state index in [0.717, 1.165) is 0 Å². The normalized spacial score (nSPS) is 49.8. The van der Waals surface area contributed by atoms with Gasteiger partial charge in [0.1, 0.15) is 67.1 Å². The Morgan fingerprint density at radius 2 is 1.21 bits per heavy atom. The minimum absolute atomic E-state index is 0.202. The van der Waals surface area contributed by atoms with Gasteiger partial charge in [0.15, 0.2) is 18.7 Å². The highest BCUT2D eigenvalue weighted by Crippen LogP contribution is 2.32. The summed E-state index contributed by atoms with van der Waals surface area (Å²) in [5.74, 6) is 0. The van der Waals surface area contributed by atoms with Gasteiger partial charge in [0.05, 0.1) is 26.4 Å². The van der Waals surface area contributed by atoms with Crippen molar-refractivity contribution in [2.24, 2.45) is 0 Å². The van der Waals surface area contributed by atoms with Gasteiger partial charge in [0.25, 0.3) is 0 Å². The second kappa shape index (κ2) is 11.4. The Morgan fingerprint density at radius 1 is 0.667 bits per heavy atom.